The molecule has 0 radical (unpaired) electrons. The Morgan fingerprint density at radius 3 is 2.46 bits per heavy atom. The van der Waals surface area contributed by atoms with E-state index in [9.17, 15) is 13.2 Å². The van der Waals surface area contributed by atoms with Crippen LogP contribution in [0.3, 0.4) is 0 Å². The molecule has 0 saturated heterocycles. The first kappa shape index (κ1) is 18.1. The zero-order valence-corrected chi connectivity index (χ0v) is 14.8. The van der Waals surface area contributed by atoms with Crippen LogP contribution < -0.4 is 5.32 Å². The molecule has 0 fully saturated rings. The van der Waals surface area contributed by atoms with Crippen LogP contribution in [0.2, 0.25) is 0 Å². The van der Waals surface area contributed by atoms with Gasteiger partial charge in [0.1, 0.15) is 18.3 Å². The lowest BCUT2D eigenvalue weighted by Crippen LogP contribution is -2.20. The minimum Gasteiger partial charge on any atom is -0.475 e. The van der Waals surface area contributed by atoms with Crippen LogP contribution in [-0.4, -0.2) is 18.7 Å². The van der Waals surface area contributed by atoms with Crippen molar-refractivity contribution in [2.24, 2.45) is 4.99 Å². The van der Waals surface area contributed by atoms with Gasteiger partial charge >= 0.3 is 6.18 Å². The quantitative estimate of drug-likeness (QED) is 0.612. The van der Waals surface area contributed by atoms with Crippen LogP contribution >= 0.6 is 0 Å². The normalized spacial score (nSPS) is 17.3. The molecule has 1 N–H and O–H groups in total. The van der Waals surface area contributed by atoms with E-state index >= 15 is 0 Å². The second-order valence-corrected chi connectivity index (χ2v) is 6.41. The molecule has 3 nitrogen and oxygen atoms in total. The highest BCUT2D eigenvalue weighted by Gasteiger charge is 2.35. The van der Waals surface area contributed by atoms with Gasteiger partial charge in [0.25, 0.3) is 0 Å². The summed E-state index contributed by atoms with van der Waals surface area (Å²) >= 11 is 0. The average Bonchev–Trinajstić information content (AvgIpc) is 3.16. The number of ether oxygens (including phenoxy) is 1. The monoisotopic (exact) mass is 382 g/mol. The van der Waals surface area contributed by atoms with Crippen LogP contribution in [0.4, 0.5) is 18.9 Å². The van der Waals surface area contributed by atoms with Crippen molar-refractivity contribution in [3.05, 3.63) is 90.1 Å². The fraction of sp³-hybridized carbons (Fsp3) is 0.136. The molecule has 0 aromatic heterocycles. The van der Waals surface area contributed by atoms with Crippen LogP contribution in [0, 0.1) is 0 Å². The van der Waals surface area contributed by atoms with E-state index in [0.29, 0.717) is 11.1 Å². The Balaban J connectivity index is 1.65. The topological polar surface area (TPSA) is 33.6 Å². The number of nitrogens with one attached hydrogen (secondary N) is 1. The lowest BCUT2D eigenvalue weighted by molar-refractivity contribution is -0.0902. The number of hydrogen-bond acceptors (Lipinski definition) is 3. The number of fused-ring (bicyclic) bond motifs is 1. The molecule has 0 aliphatic carbocycles. The summed E-state index contributed by atoms with van der Waals surface area (Å²) in [5.74, 6) is -0.0334. The van der Waals surface area contributed by atoms with E-state index in [-0.39, 0.29) is 18.5 Å². The predicted molar refractivity (Wildman–Crippen MR) is 104 cm³/mol. The van der Waals surface area contributed by atoms with Gasteiger partial charge in [-0.05, 0) is 17.0 Å². The first-order chi connectivity index (χ1) is 13.5. The summed E-state index contributed by atoms with van der Waals surface area (Å²) in [5, 5.41) is 4.08. The first-order valence-corrected chi connectivity index (χ1v) is 8.80. The SMILES string of the molecule is FC(F)(F)C(=CC1=NC(c2ccccc2)CO1)Nc1cccc2ccccc12. The minimum absolute atomic E-state index is 0.0334. The van der Waals surface area contributed by atoms with E-state index in [1.807, 2.05) is 48.5 Å². The van der Waals surface area contributed by atoms with Gasteiger partial charge in [-0.3, -0.25) is 0 Å². The van der Waals surface area contributed by atoms with Gasteiger partial charge in [-0.2, -0.15) is 13.2 Å². The van der Waals surface area contributed by atoms with E-state index in [0.717, 1.165) is 17.0 Å². The molecule has 1 aliphatic heterocycles. The van der Waals surface area contributed by atoms with Gasteiger partial charge in [-0.15, -0.1) is 0 Å². The fourth-order valence-corrected chi connectivity index (χ4v) is 3.11. The first-order valence-electron chi connectivity index (χ1n) is 8.80. The van der Waals surface area contributed by atoms with Crippen LogP contribution in [0.1, 0.15) is 11.6 Å². The van der Waals surface area contributed by atoms with Gasteiger partial charge in [0.05, 0.1) is 0 Å². The Bertz CT molecular complexity index is 1040. The second-order valence-electron chi connectivity index (χ2n) is 6.41. The number of aliphatic imine (C=N–C) groups is 1. The van der Waals surface area contributed by atoms with Crippen molar-refractivity contribution < 1.29 is 17.9 Å². The molecule has 142 valence electrons. The maximum atomic E-state index is 13.6. The van der Waals surface area contributed by atoms with E-state index in [1.54, 1.807) is 24.3 Å². The molecule has 28 heavy (non-hydrogen) atoms. The van der Waals surface area contributed by atoms with Crippen LogP contribution in [0.25, 0.3) is 10.8 Å². The number of allylic oxidation sites excluding steroid dienone is 1. The molecule has 3 aromatic carbocycles. The number of halogens is 3. The summed E-state index contributed by atoms with van der Waals surface area (Å²) in [6.45, 7) is 0.218. The van der Waals surface area contributed by atoms with Gasteiger partial charge < -0.3 is 10.1 Å². The third-order valence-corrected chi connectivity index (χ3v) is 4.49. The van der Waals surface area contributed by atoms with Gasteiger partial charge in [0, 0.05) is 17.1 Å². The van der Waals surface area contributed by atoms with E-state index in [1.165, 1.54) is 0 Å². The highest BCUT2D eigenvalue weighted by molar-refractivity contribution is 5.95. The number of rotatable bonds is 4. The molecule has 0 bridgehead atoms. The van der Waals surface area contributed by atoms with Gasteiger partial charge in [-0.1, -0.05) is 66.7 Å². The standard InChI is InChI=1S/C22H17F3N2O/c23-22(24,25)20(26-18-12-6-10-15-7-4-5-11-17(15)18)13-21-27-19(14-28-21)16-8-2-1-3-9-16/h1-13,19,26H,14H2. The van der Waals surface area contributed by atoms with Crippen molar-refractivity contribution in [3.63, 3.8) is 0 Å². The lowest BCUT2D eigenvalue weighted by Gasteiger charge is -2.16. The van der Waals surface area contributed by atoms with E-state index in [2.05, 4.69) is 10.3 Å². The molecule has 0 amide bonds. The van der Waals surface area contributed by atoms with Crippen LogP contribution in [-0.2, 0) is 4.74 Å². The number of alkyl halides is 3. The smallest absolute Gasteiger partial charge is 0.431 e. The number of benzene rings is 3. The fourth-order valence-electron chi connectivity index (χ4n) is 3.11. The van der Waals surface area contributed by atoms with Crippen LogP contribution in [0.5, 0.6) is 0 Å². The molecule has 0 saturated carbocycles. The summed E-state index contributed by atoms with van der Waals surface area (Å²) in [7, 11) is 0. The summed E-state index contributed by atoms with van der Waals surface area (Å²) in [6, 6.07) is 21.5. The number of hydrogen-bond donors (Lipinski definition) is 1. The molecular formula is C22H17F3N2O. The van der Waals surface area contributed by atoms with Gasteiger partial charge in [0.2, 0.25) is 5.90 Å². The Kier molecular flexibility index (Phi) is 4.77. The Labute approximate surface area is 160 Å². The maximum Gasteiger partial charge on any atom is 0.431 e. The largest absolute Gasteiger partial charge is 0.475 e. The third-order valence-electron chi connectivity index (χ3n) is 4.49. The summed E-state index contributed by atoms with van der Waals surface area (Å²) in [4.78, 5) is 4.29. The molecule has 6 heteroatoms. The Morgan fingerprint density at radius 1 is 0.964 bits per heavy atom. The number of nitrogens with zero attached hydrogens (tertiary/aromatic N) is 1. The van der Waals surface area contributed by atoms with Crippen molar-refractivity contribution >= 4 is 22.4 Å². The molecule has 1 atom stereocenters. The van der Waals surface area contributed by atoms with Gasteiger partial charge in [-0.25, -0.2) is 4.99 Å². The average molecular weight is 382 g/mol. The molecule has 0 spiro atoms. The zero-order valence-electron chi connectivity index (χ0n) is 14.8. The lowest BCUT2D eigenvalue weighted by atomic mass is 10.1. The number of anilines is 1. The summed E-state index contributed by atoms with van der Waals surface area (Å²) < 4.78 is 46.3. The molecular weight excluding hydrogens is 365 g/mol. The second kappa shape index (κ2) is 7.38. The highest BCUT2D eigenvalue weighted by Crippen LogP contribution is 2.32. The van der Waals surface area contributed by atoms with Crippen molar-refractivity contribution in [2.75, 3.05) is 11.9 Å². The Hall–Kier alpha value is -3.28. The molecule has 3 aromatic rings. The van der Waals surface area contributed by atoms with E-state index in [4.69, 9.17) is 4.74 Å². The minimum atomic E-state index is -4.58. The molecule has 1 heterocycles. The molecule has 1 unspecified atom stereocenters. The van der Waals surface area contributed by atoms with Crippen LogP contribution in [0.15, 0.2) is 89.6 Å². The predicted octanol–water partition coefficient (Wildman–Crippen LogP) is 5.87. The molecule has 1 aliphatic rings. The third kappa shape index (κ3) is 3.86. The Morgan fingerprint density at radius 2 is 1.68 bits per heavy atom. The van der Waals surface area contributed by atoms with Crippen molar-refractivity contribution in [2.45, 2.75) is 12.2 Å². The van der Waals surface area contributed by atoms with Crippen molar-refractivity contribution in [1.29, 1.82) is 0 Å². The maximum absolute atomic E-state index is 13.6. The van der Waals surface area contributed by atoms with Crippen molar-refractivity contribution in [1.82, 2.24) is 0 Å². The molecule has 4 rings (SSSR count). The van der Waals surface area contributed by atoms with Gasteiger partial charge in [0.15, 0.2) is 0 Å². The summed E-state index contributed by atoms with van der Waals surface area (Å²) in [5.41, 5.74) is 0.359. The zero-order chi connectivity index (χ0) is 19.6. The van der Waals surface area contributed by atoms with E-state index < -0.39 is 11.9 Å². The van der Waals surface area contributed by atoms with Crippen molar-refractivity contribution in [3.8, 4) is 0 Å². The highest BCUT2D eigenvalue weighted by atomic mass is 19.4. The summed E-state index contributed by atoms with van der Waals surface area (Å²) in [6.07, 6.45) is -3.65.